The van der Waals surface area contributed by atoms with Gasteiger partial charge in [-0.05, 0) is 54.7 Å². The van der Waals surface area contributed by atoms with Crippen molar-refractivity contribution in [1.82, 2.24) is 10.6 Å². The van der Waals surface area contributed by atoms with E-state index in [2.05, 4.69) is 28.2 Å². The molecule has 14 heteroatoms. The maximum Gasteiger partial charge on any atom is 0.408 e. The Labute approximate surface area is 338 Å². The number of carbonyl (C=O) groups is 5. The topological polar surface area (TPSA) is 191 Å². The molecule has 0 aliphatic carbocycles. The first-order chi connectivity index (χ1) is 27.5. The number of aliphatic carboxylic acids is 1. The number of amides is 4. The van der Waals surface area contributed by atoms with Crippen LogP contribution >= 0.6 is 0 Å². The normalized spacial score (nSPS) is 12.6. The predicted octanol–water partition coefficient (Wildman–Crippen LogP) is 7.55. The van der Waals surface area contributed by atoms with Gasteiger partial charge in [-0.1, -0.05) is 115 Å². The fraction of sp³-hybridized carbons (Fsp3) is 0.605. The summed E-state index contributed by atoms with van der Waals surface area (Å²) in [6.45, 7) is 4.72. The molecule has 2 aromatic carbocycles. The number of alkyl carbamates (subject to hydrolysis) is 1. The summed E-state index contributed by atoms with van der Waals surface area (Å²) in [5.74, 6) is -3.00. The Morgan fingerprint density at radius 1 is 0.702 bits per heavy atom. The van der Waals surface area contributed by atoms with Crippen molar-refractivity contribution in [1.29, 1.82) is 0 Å². The van der Waals surface area contributed by atoms with Gasteiger partial charge in [0.25, 0.3) is 0 Å². The van der Waals surface area contributed by atoms with E-state index in [0.717, 1.165) is 30.4 Å². The molecule has 0 bridgehead atoms. The van der Waals surface area contributed by atoms with E-state index in [1.807, 2.05) is 36.4 Å². The number of hydrogen-bond donors (Lipinski definition) is 5. The smallest absolute Gasteiger partial charge is 0.408 e. The molecular weight excluding hydrogens is 732 g/mol. The van der Waals surface area contributed by atoms with Gasteiger partial charge in [-0.3, -0.25) is 19.2 Å². The Morgan fingerprint density at radius 2 is 1.25 bits per heavy atom. The van der Waals surface area contributed by atoms with Crippen molar-refractivity contribution < 1.29 is 48.0 Å². The van der Waals surface area contributed by atoms with Crippen molar-refractivity contribution in [2.24, 2.45) is 5.41 Å². The molecule has 14 nitrogen and oxygen atoms in total. The van der Waals surface area contributed by atoms with E-state index in [4.69, 9.17) is 18.9 Å². The summed E-state index contributed by atoms with van der Waals surface area (Å²) < 4.78 is 22.0. The minimum Gasteiger partial charge on any atom is -0.481 e. The van der Waals surface area contributed by atoms with Crippen LogP contribution in [-0.2, 0) is 44.5 Å². The van der Waals surface area contributed by atoms with Crippen LogP contribution in [-0.4, -0.2) is 81.4 Å². The van der Waals surface area contributed by atoms with Gasteiger partial charge in [0.15, 0.2) is 0 Å². The Balaban J connectivity index is 1.75. The summed E-state index contributed by atoms with van der Waals surface area (Å²) in [6.07, 6.45) is 14.7. The van der Waals surface area contributed by atoms with Gasteiger partial charge in [-0.25, -0.2) is 4.79 Å². The summed E-state index contributed by atoms with van der Waals surface area (Å²) in [5.41, 5.74) is 1.97. The number of ether oxygens (including phenoxy) is 4. The third kappa shape index (κ3) is 21.0. The second kappa shape index (κ2) is 28.8. The highest BCUT2D eigenvalue weighted by Crippen LogP contribution is 2.24. The summed E-state index contributed by atoms with van der Waals surface area (Å²) >= 11 is 0. The number of rotatable bonds is 30. The van der Waals surface area contributed by atoms with Gasteiger partial charge in [0.2, 0.25) is 5.91 Å². The first kappa shape index (κ1) is 48.6. The summed E-state index contributed by atoms with van der Waals surface area (Å²) in [5, 5.41) is 19.8. The second-order valence-electron chi connectivity index (χ2n) is 14.5. The van der Waals surface area contributed by atoms with Crippen molar-refractivity contribution >= 4 is 41.2 Å². The summed E-state index contributed by atoms with van der Waals surface area (Å²) in [7, 11) is 1.44. The molecule has 0 saturated heterocycles. The van der Waals surface area contributed by atoms with Gasteiger partial charge >= 0.3 is 23.9 Å². The van der Waals surface area contributed by atoms with Crippen LogP contribution in [0.5, 0.6) is 0 Å². The third-order valence-electron chi connectivity index (χ3n) is 9.68. The molecule has 2 rings (SSSR count). The average Bonchev–Trinajstić information content (AvgIpc) is 3.19. The SMILES string of the molecule is CCCCCCCCCCCCCCC(COC(=O)NCNC(=O)C(=O)Nc1ccc(Cc2ccc(NC(C)=O)cc2)cc1)OCOCC(CC)(COC)C(=O)O. The number of methoxy groups -OCH3 is 1. The lowest BCUT2D eigenvalue weighted by Gasteiger charge is -2.27. The number of anilines is 2. The Morgan fingerprint density at radius 3 is 1.75 bits per heavy atom. The minimum atomic E-state index is -1.20. The number of carboxylic acids is 1. The molecule has 2 atom stereocenters. The lowest BCUT2D eigenvalue weighted by Crippen LogP contribution is -2.43. The van der Waals surface area contributed by atoms with Gasteiger partial charge in [0.1, 0.15) is 18.8 Å². The van der Waals surface area contributed by atoms with Crippen LogP contribution in [0.25, 0.3) is 0 Å². The number of nitrogens with one attached hydrogen (secondary N) is 4. The Bertz CT molecular complexity index is 1470. The maximum atomic E-state index is 12.5. The number of benzene rings is 2. The van der Waals surface area contributed by atoms with Crippen LogP contribution in [0.3, 0.4) is 0 Å². The van der Waals surface area contributed by atoms with Gasteiger partial charge < -0.3 is 45.3 Å². The molecule has 318 valence electrons. The van der Waals surface area contributed by atoms with Crippen molar-refractivity contribution in [2.75, 3.05) is 51.0 Å². The second-order valence-corrected chi connectivity index (χ2v) is 14.5. The fourth-order valence-corrected chi connectivity index (χ4v) is 6.14. The zero-order chi connectivity index (χ0) is 41.7. The molecule has 0 aliphatic heterocycles. The Kier molecular flexibility index (Phi) is 24.6. The lowest BCUT2D eigenvalue weighted by atomic mass is 9.87. The molecule has 5 N–H and O–H groups in total. The van der Waals surface area contributed by atoms with Gasteiger partial charge in [-0.15, -0.1) is 0 Å². The minimum absolute atomic E-state index is 0.00398. The van der Waals surface area contributed by atoms with Crippen molar-refractivity contribution in [3.8, 4) is 0 Å². The van der Waals surface area contributed by atoms with Crippen LogP contribution in [0.15, 0.2) is 48.5 Å². The van der Waals surface area contributed by atoms with Crippen molar-refractivity contribution in [2.45, 2.75) is 123 Å². The van der Waals surface area contributed by atoms with Crippen LogP contribution in [0, 0.1) is 5.41 Å². The van der Waals surface area contributed by atoms with Crippen molar-refractivity contribution in [3.63, 3.8) is 0 Å². The fourth-order valence-electron chi connectivity index (χ4n) is 6.14. The molecule has 0 aromatic heterocycles. The third-order valence-corrected chi connectivity index (χ3v) is 9.68. The van der Waals surface area contributed by atoms with Gasteiger partial charge in [0.05, 0.1) is 26.0 Å². The molecule has 0 fully saturated rings. The largest absolute Gasteiger partial charge is 0.481 e. The first-order valence-corrected chi connectivity index (χ1v) is 20.4. The standard InChI is InChI=1S/C43H66N4O10/c1-5-7-8-9-10-11-12-13-14-15-16-17-18-38(57-32-55-30-43(6-2,29-54-4)41(51)52)28-56-42(53)45-31-44-39(49)40(50)47-37-25-21-35(22-26-37)27-34-19-23-36(24-20-34)46-33(3)48/h19-26,38H,5-18,27-32H2,1-4H3,(H,44,49)(H,45,53)(H,46,48)(H,47,50)(H,51,52). The highest BCUT2D eigenvalue weighted by molar-refractivity contribution is 6.39. The summed E-state index contributed by atoms with van der Waals surface area (Å²) in [4.78, 5) is 60.4. The van der Waals surface area contributed by atoms with E-state index in [-0.39, 0.29) is 39.2 Å². The molecule has 4 amide bonds. The van der Waals surface area contributed by atoms with Crippen LogP contribution < -0.4 is 21.3 Å². The molecule has 0 aliphatic rings. The van der Waals surface area contributed by atoms with Crippen molar-refractivity contribution in [3.05, 3.63) is 59.7 Å². The first-order valence-electron chi connectivity index (χ1n) is 20.4. The van der Waals surface area contributed by atoms with E-state index in [9.17, 15) is 29.1 Å². The van der Waals surface area contributed by atoms with E-state index >= 15 is 0 Å². The van der Waals surface area contributed by atoms with E-state index in [1.165, 1.54) is 71.8 Å². The van der Waals surface area contributed by atoms with E-state index in [0.29, 0.717) is 30.6 Å². The maximum absolute atomic E-state index is 12.5. The number of unbranched alkanes of at least 4 members (excludes halogenated alkanes) is 11. The Hall–Kier alpha value is -4.53. The number of carboxylic acid groups (broad SMARTS) is 1. The molecule has 57 heavy (non-hydrogen) atoms. The van der Waals surface area contributed by atoms with Crippen LogP contribution in [0.4, 0.5) is 16.2 Å². The molecule has 2 unspecified atom stereocenters. The lowest BCUT2D eigenvalue weighted by molar-refractivity contribution is -0.167. The zero-order valence-electron chi connectivity index (χ0n) is 34.5. The number of hydrogen-bond acceptors (Lipinski definition) is 9. The van der Waals surface area contributed by atoms with Gasteiger partial charge in [-0.2, -0.15) is 0 Å². The number of carbonyl (C=O) groups excluding carboxylic acids is 4. The molecule has 0 saturated carbocycles. The average molecular weight is 799 g/mol. The molecule has 0 spiro atoms. The highest BCUT2D eigenvalue weighted by Gasteiger charge is 2.37. The molecular formula is C43H66N4O10. The van der Waals surface area contributed by atoms with E-state index < -0.39 is 35.4 Å². The molecule has 2 aromatic rings. The van der Waals surface area contributed by atoms with E-state index in [1.54, 1.807) is 19.1 Å². The molecule has 0 radical (unpaired) electrons. The zero-order valence-corrected chi connectivity index (χ0v) is 34.5. The quantitative estimate of drug-likeness (QED) is 0.0300. The summed E-state index contributed by atoms with van der Waals surface area (Å²) in [6, 6.07) is 14.6. The van der Waals surface area contributed by atoms with Crippen LogP contribution in [0.2, 0.25) is 0 Å². The predicted molar refractivity (Wildman–Crippen MR) is 220 cm³/mol. The van der Waals surface area contributed by atoms with Crippen LogP contribution in [0.1, 0.15) is 122 Å². The monoisotopic (exact) mass is 798 g/mol. The molecule has 0 heterocycles. The highest BCUT2D eigenvalue weighted by atomic mass is 16.7. The van der Waals surface area contributed by atoms with Gasteiger partial charge in [0, 0.05) is 25.4 Å².